The Balaban J connectivity index is 2.07. The molecule has 0 atom stereocenters. The smallest absolute Gasteiger partial charge is 0.266 e. The minimum absolute atomic E-state index is 0.0859. The first-order valence-corrected chi connectivity index (χ1v) is 6.37. The van der Waals surface area contributed by atoms with Crippen LogP contribution in [0.3, 0.4) is 0 Å². The maximum absolute atomic E-state index is 12.2. The highest BCUT2D eigenvalue weighted by atomic mass is 32.1. The summed E-state index contributed by atoms with van der Waals surface area (Å²) in [6, 6.07) is 1.79. The van der Waals surface area contributed by atoms with Crippen LogP contribution in [0.5, 0.6) is 0 Å². The van der Waals surface area contributed by atoms with Crippen LogP contribution in [0.4, 0.5) is 5.69 Å². The predicted octanol–water partition coefficient (Wildman–Crippen LogP) is 1.11. The fourth-order valence-corrected chi connectivity index (χ4v) is 2.67. The van der Waals surface area contributed by atoms with Crippen LogP contribution in [0.1, 0.15) is 16.1 Å². The van der Waals surface area contributed by atoms with Crippen molar-refractivity contribution in [1.82, 2.24) is 9.80 Å². The van der Waals surface area contributed by atoms with Gasteiger partial charge in [-0.3, -0.25) is 4.79 Å². The van der Waals surface area contributed by atoms with Crippen molar-refractivity contribution < 1.29 is 4.79 Å². The van der Waals surface area contributed by atoms with Gasteiger partial charge >= 0.3 is 0 Å². The zero-order chi connectivity index (χ0) is 11.5. The topological polar surface area (TPSA) is 49.6 Å². The molecule has 1 fully saturated rings. The van der Waals surface area contributed by atoms with Crippen LogP contribution < -0.4 is 5.73 Å². The van der Waals surface area contributed by atoms with Gasteiger partial charge in [0.15, 0.2) is 0 Å². The number of hydrogen-bond donors (Lipinski definition) is 1. The number of nitrogen functional groups attached to an aromatic ring is 1. The molecule has 0 unspecified atom stereocenters. The largest absolute Gasteiger partial charge is 0.397 e. The first-order chi connectivity index (χ1) is 7.68. The minimum atomic E-state index is 0.0859. The van der Waals surface area contributed by atoms with E-state index in [1.54, 1.807) is 6.07 Å². The molecular weight excluding hydrogens is 222 g/mol. The highest BCUT2D eigenvalue weighted by Crippen LogP contribution is 2.21. The van der Waals surface area contributed by atoms with E-state index in [1.165, 1.54) is 11.3 Å². The van der Waals surface area contributed by atoms with Crippen LogP contribution >= 0.6 is 11.3 Å². The van der Waals surface area contributed by atoms with Crippen molar-refractivity contribution in [2.75, 3.05) is 39.0 Å². The average molecular weight is 239 g/mol. The monoisotopic (exact) mass is 239 g/mol. The number of nitrogens with two attached hydrogens (primary N) is 1. The normalized spacial score (nSPS) is 18.4. The lowest BCUT2D eigenvalue weighted by molar-refractivity contribution is 0.0768. The summed E-state index contributed by atoms with van der Waals surface area (Å²) in [7, 11) is 2.09. The van der Waals surface area contributed by atoms with Gasteiger partial charge in [0.2, 0.25) is 0 Å². The second-order valence-corrected chi connectivity index (χ2v) is 5.07. The first kappa shape index (κ1) is 11.4. The van der Waals surface area contributed by atoms with Gasteiger partial charge in [-0.1, -0.05) is 0 Å². The van der Waals surface area contributed by atoms with Gasteiger partial charge in [0.05, 0.1) is 5.69 Å². The highest BCUT2D eigenvalue weighted by molar-refractivity contribution is 7.12. The van der Waals surface area contributed by atoms with E-state index in [9.17, 15) is 4.79 Å². The van der Waals surface area contributed by atoms with Gasteiger partial charge in [0.25, 0.3) is 5.91 Å². The molecule has 0 aliphatic carbocycles. The Kier molecular flexibility index (Phi) is 3.46. The Bertz CT molecular complexity index is 377. The number of hydrogen-bond acceptors (Lipinski definition) is 4. The molecule has 1 aromatic rings. The Morgan fingerprint density at radius 3 is 2.88 bits per heavy atom. The van der Waals surface area contributed by atoms with Crippen molar-refractivity contribution in [3.05, 3.63) is 16.3 Å². The van der Waals surface area contributed by atoms with Gasteiger partial charge in [-0.25, -0.2) is 0 Å². The number of nitrogens with zero attached hydrogens (tertiary/aromatic N) is 2. The molecule has 1 saturated heterocycles. The van der Waals surface area contributed by atoms with Crippen LogP contribution in [0.2, 0.25) is 0 Å². The molecule has 2 N–H and O–H groups in total. The van der Waals surface area contributed by atoms with E-state index in [2.05, 4.69) is 11.9 Å². The molecule has 0 saturated carbocycles. The molecule has 5 heteroatoms. The van der Waals surface area contributed by atoms with E-state index in [0.29, 0.717) is 10.6 Å². The van der Waals surface area contributed by atoms with Crippen molar-refractivity contribution in [2.45, 2.75) is 6.42 Å². The molecule has 4 nitrogen and oxygen atoms in total. The highest BCUT2D eigenvalue weighted by Gasteiger charge is 2.21. The molecular formula is C11H17N3OS. The van der Waals surface area contributed by atoms with E-state index in [1.807, 2.05) is 10.3 Å². The van der Waals surface area contributed by atoms with Crippen LogP contribution in [0.25, 0.3) is 0 Å². The predicted molar refractivity (Wildman–Crippen MR) is 66.7 cm³/mol. The molecule has 1 amide bonds. The third-order valence-corrected chi connectivity index (χ3v) is 3.81. The van der Waals surface area contributed by atoms with E-state index >= 15 is 0 Å². The van der Waals surface area contributed by atoms with E-state index < -0.39 is 0 Å². The zero-order valence-corrected chi connectivity index (χ0v) is 10.3. The lowest BCUT2D eigenvalue weighted by Crippen LogP contribution is -2.34. The number of likely N-dealkylation sites (N-methyl/N-ethyl adjacent to an activating group) is 1. The second-order valence-electron chi connectivity index (χ2n) is 4.15. The van der Waals surface area contributed by atoms with Crippen LogP contribution in [0, 0.1) is 0 Å². The summed E-state index contributed by atoms with van der Waals surface area (Å²) in [5.41, 5.74) is 6.37. The van der Waals surface area contributed by atoms with Crippen LogP contribution in [-0.2, 0) is 0 Å². The van der Waals surface area contributed by atoms with Crippen LogP contribution in [-0.4, -0.2) is 48.9 Å². The fourth-order valence-electron chi connectivity index (χ4n) is 1.89. The Morgan fingerprint density at radius 1 is 1.38 bits per heavy atom. The van der Waals surface area contributed by atoms with Gasteiger partial charge in [-0.05, 0) is 31.5 Å². The second kappa shape index (κ2) is 4.84. The third kappa shape index (κ3) is 2.36. The molecule has 16 heavy (non-hydrogen) atoms. The molecule has 2 heterocycles. The summed E-state index contributed by atoms with van der Waals surface area (Å²) >= 11 is 1.43. The molecule has 88 valence electrons. The number of thiophene rings is 1. The summed E-state index contributed by atoms with van der Waals surface area (Å²) in [5.74, 6) is 0.0859. The van der Waals surface area contributed by atoms with Crippen molar-refractivity contribution in [3.8, 4) is 0 Å². The number of anilines is 1. The molecule has 0 spiro atoms. The van der Waals surface area contributed by atoms with E-state index in [4.69, 9.17) is 5.73 Å². The van der Waals surface area contributed by atoms with Gasteiger partial charge in [0, 0.05) is 19.6 Å². The Labute approximate surface area is 99.6 Å². The standard InChI is InChI=1S/C11H17N3OS/c1-13-4-2-5-14(7-6-13)11(15)10-9(12)3-8-16-10/h3,8H,2,4-7,12H2,1H3. The Morgan fingerprint density at radius 2 is 2.19 bits per heavy atom. The van der Waals surface area contributed by atoms with Gasteiger partial charge in [-0.2, -0.15) is 0 Å². The average Bonchev–Trinajstić information content (AvgIpc) is 2.56. The summed E-state index contributed by atoms with van der Waals surface area (Å²) in [6.07, 6.45) is 1.04. The fraction of sp³-hybridized carbons (Fsp3) is 0.545. The minimum Gasteiger partial charge on any atom is -0.397 e. The number of carbonyl (C=O) groups is 1. The van der Waals surface area contributed by atoms with Gasteiger partial charge < -0.3 is 15.5 Å². The number of amides is 1. The molecule has 2 rings (SSSR count). The van der Waals surface area contributed by atoms with Crippen molar-refractivity contribution in [1.29, 1.82) is 0 Å². The zero-order valence-electron chi connectivity index (χ0n) is 9.48. The van der Waals surface area contributed by atoms with Gasteiger partial charge in [0.1, 0.15) is 4.88 Å². The van der Waals surface area contributed by atoms with Crippen molar-refractivity contribution in [2.24, 2.45) is 0 Å². The summed E-state index contributed by atoms with van der Waals surface area (Å²) < 4.78 is 0. The molecule has 1 aliphatic rings. The number of carbonyl (C=O) groups excluding carboxylic acids is 1. The van der Waals surface area contributed by atoms with Crippen LogP contribution in [0.15, 0.2) is 11.4 Å². The summed E-state index contributed by atoms with van der Waals surface area (Å²) in [5, 5.41) is 1.87. The lowest BCUT2D eigenvalue weighted by atomic mass is 10.3. The summed E-state index contributed by atoms with van der Waals surface area (Å²) in [6.45, 7) is 3.63. The molecule has 0 radical (unpaired) electrons. The van der Waals surface area contributed by atoms with E-state index in [-0.39, 0.29) is 5.91 Å². The third-order valence-electron chi connectivity index (χ3n) is 2.90. The molecule has 0 bridgehead atoms. The van der Waals surface area contributed by atoms with Crippen molar-refractivity contribution in [3.63, 3.8) is 0 Å². The lowest BCUT2D eigenvalue weighted by Gasteiger charge is -2.20. The SMILES string of the molecule is CN1CCCN(C(=O)c2sccc2N)CC1. The number of rotatable bonds is 1. The molecule has 1 aromatic heterocycles. The van der Waals surface area contributed by atoms with Gasteiger partial charge in [-0.15, -0.1) is 11.3 Å². The maximum Gasteiger partial charge on any atom is 0.266 e. The first-order valence-electron chi connectivity index (χ1n) is 5.49. The Hall–Kier alpha value is -1.07. The molecule has 1 aliphatic heterocycles. The van der Waals surface area contributed by atoms with Crippen molar-refractivity contribution >= 4 is 22.9 Å². The van der Waals surface area contributed by atoms with E-state index in [0.717, 1.165) is 32.6 Å². The quantitative estimate of drug-likeness (QED) is 0.798. The maximum atomic E-state index is 12.2. The molecule has 0 aromatic carbocycles. The summed E-state index contributed by atoms with van der Waals surface area (Å²) in [4.78, 5) is 17.0.